The third-order valence-electron chi connectivity index (χ3n) is 3.09. The van der Waals surface area contributed by atoms with Gasteiger partial charge in [-0.05, 0) is 51.7 Å². The van der Waals surface area contributed by atoms with Gasteiger partial charge in [-0.25, -0.2) is 8.78 Å². The molecule has 0 aromatic heterocycles. The summed E-state index contributed by atoms with van der Waals surface area (Å²) >= 11 is 3.07. The van der Waals surface area contributed by atoms with Gasteiger partial charge in [0.2, 0.25) is 0 Å². The molecule has 0 amide bonds. The maximum absolute atomic E-state index is 14.0. The van der Waals surface area contributed by atoms with Crippen LogP contribution in [0.5, 0.6) is 0 Å². The molecule has 0 heterocycles. The first kappa shape index (κ1) is 14.2. The molecule has 2 aromatic carbocycles. The van der Waals surface area contributed by atoms with Gasteiger partial charge < -0.3 is 5.73 Å². The van der Waals surface area contributed by atoms with Gasteiger partial charge in [0.15, 0.2) is 0 Å². The molecule has 0 saturated heterocycles. The molecule has 100 valence electrons. The Morgan fingerprint density at radius 2 is 1.95 bits per heavy atom. The molecular weight excluding hydrogens is 312 g/mol. The second-order valence-electron chi connectivity index (χ2n) is 4.36. The van der Waals surface area contributed by atoms with E-state index in [2.05, 4.69) is 15.9 Å². The van der Waals surface area contributed by atoms with Crippen LogP contribution in [-0.4, -0.2) is 0 Å². The Bertz CT molecular complexity index is 599. The lowest BCUT2D eigenvalue weighted by molar-refractivity contribution is 0.585. The monoisotopic (exact) mass is 325 g/mol. The van der Waals surface area contributed by atoms with Gasteiger partial charge in [-0.15, -0.1) is 0 Å². The van der Waals surface area contributed by atoms with Crippen molar-refractivity contribution in [3.05, 3.63) is 58.1 Å². The van der Waals surface area contributed by atoms with Gasteiger partial charge in [0.1, 0.15) is 11.6 Å². The summed E-state index contributed by atoms with van der Waals surface area (Å²) in [5, 5.41) is 0. The summed E-state index contributed by atoms with van der Waals surface area (Å²) in [6.07, 6.45) is 0.771. The molecule has 2 N–H and O–H groups in total. The van der Waals surface area contributed by atoms with Gasteiger partial charge in [0, 0.05) is 6.04 Å². The normalized spacial score (nSPS) is 12.5. The second-order valence-corrected chi connectivity index (χ2v) is 5.21. The minimum Gasteiger partial charge on any atom is -0.324 e. The Balaban J connectivity index is 2.57. The maximum Gasteiger partial charge on any atom is 0.148 e. The molecule has 0 spiro atoms. The van der Waals surface area contributed by atoms with E-state index in [1.807, 2.05) is 13.0 Å². The molecule has 0 fully saturated rings. The van der Waals surface area contributed by atoms with E-state index in [1.54, 1.807) is 18.2 Å². The molecule has 19 heavy (non-hydrogen) atoms. The first-order chi connectivity index (χ1) is 9.04. The average molecular weight is 326 g/mol. The highest BCUT2D eigenvalue weighted by Crippen LogP contribution is 2.31. The minimum atomic E-state index is -0.595. The fraction of sp³-hybridized carbons (Fsp3) is 0.200. The highest BCUT2D eigenvalue weighted by molar-refractivity contribution is 9.10. The molecule has 2 rings (SSSR count). The molecule has 0 aliphatic rings. The SMILES string of the molecule is CCC(N)c1cccc(-c2c(F)ccc(Br)c2F)c1. The van der Waals surface area contributed by atoms with Crippen molar-refractivity contribution in [2.24, 2.45) is 5.73 Å². The fourth-order valence-electron chi connectivity index (χ4n) is 1.95. The number of nitrogens with two attached hydrogens (primary N) is 1. The van der Waals surface area contributed by atoms with E-state index in [9.17, 15) is 8.78 Å². The zero-order valence-electron chi connectivity index (χ0n) is 10.5. The largest absolute Gasteiger partial charge is 0.324 e. The van der Waals surface area contributed by atoms with E-state index in [0.717, 1.165) is 12.0 Å². The van der Waals surface area contributed by atoms with E-state index < -0.39 is 11.6 Å². The van der Waals surface area contributed by atoms with Crippen LogP contribution in [-0.2, 0) is 0 Å². The number of hydrogen-bond donors (Lipinski definition) is 1. The molecule has 1 atom stereocenters. The average Bonchev–Trinajstić information content (AvgIpc) is 2.43. The van der Waals surface area contributed by atoms with Crippen LogP contribution in [0.1, 0.15) is 24.9 Å². The van der Waals surface area contributed by atoms with Crippen LogP contribution in [0.15, 0.2) is 40.9 Å². The summed E-state index contributed by atoms with van der Waals surface area (Å²) in [4.78, 5) is 0. The van der Waals surface area contributed by atoms with Crippen LogP contribution >= 0.6 is 15.9 Å². The zero-order chi connectivity index (χ0) is 14.0. The highest BCUT2D eigenvalue weighted by atomic mass is 79.9. The fourth-order valence-corrected chi connectivity index (χ4v) is 2.28. The topological polar surface area (TPSA) is 26.0 Å². The summed E-state index contributed by atoms with van der Waals surface area (Å²) in [7, 11) is 0. The summed E-state index contributed by atoms with van der Waals surface area (Å²) in [5.74, 6) is -1.18. The van der Waals surface area contributed by atoms with E-state index in [4.69, 9.17) is 5.73 Å². The van der Waals surface area contributed by atoms with Crippen LogP contribution in [0, 0.1) is 11.6 Å². The first-order valence-corrected chi connectivity index (χ1v) is 6.83. The molecule has 0 radical (unpaired) electrons. The summed E-state index contributed by atoms with van der Waals surface area (Å²) in [6.45, 7) is 1.97. The van der Waals surface area contributed by atoms with Crippen LogP contribution in [0.25, 0.3) is 11.1 Å². The predicted octanol–water partition coefficient (Wildman–Crippen LogP) is 4.80. The Labute approximate surface area is 119 Å². The lowest BCUT2D eigenvalue weighted by atomic mass is 9.98. The summed E-state index contributed by atoms with van der Waals surface area (Å²) in [6, 6.07) is 9.52. The molecule has 1 nitrogen and oxygen atoms in total. The maximum atomic E-state index is 14.0. The highest BCUT2D eigenvalue weighted by Gasteiger charge is 2.15. The lowest BCUT2D eigenvalue weighted by Crippen LogP contribution is -2.08. The molecule has 0 aliphatic carbocycles. The predicted molar refractivity (Wildman–Crippen MR) is 76.7 cm³/mol. The van der Waals surface area contributed by atoms with E-state index >= 15 is 0 Å². The van der Waals surface area contributed by atoms with E-state index in [0.29, 0.717) is 5.56 Å². The van der Waals surface area contributed by atoms with Crippen molar-refractivity contribution in [2.75, 3.05) is 0 Å². The summed E-state index contributed by atoms with van der Waals surface area (Å²) < 4.78 is 28.1. The van der Waals surface area contributed by atoms with Crippen molar-refractivity contribution in [1.82, 2.24) is 0 Å². The van der Waals surface area contributed by atoms with E-state index in [-0.39, 0.29) is 16.1 Å². The third kappa shape index (κ3) is 2.85. The summed E-state index contributed by atoms with van der Waals surface area (Å²) in [5.41, 5.74) is 7.29. The van der Waals surface area contributed by atoms with Crippen molar-refractivity contribution >= 4 is 15.9 Å². The number of halogens is 3. The molecule has 0 saturated carbocycles. The van der Waals surface area contributed by atoms with Crippen LogP contribution < -0.4 is 5.73 Å². The van der Waals surface area contributed by atoms with Gasteiger partial charge in [0.05, 0.1) is 10.0 Å². The molecule has 1 unspecified atom stereocenters. The second kappa shape index (κ2) is 5.80. The quantitative estimate of drug-likeness (QED) is 0.805. The van der Waals surface area contributed by atoms with Crippen molar-refractivity contribution in [3.63, 3.8) is 0 Å². The van der Waals surface area contributed by atoms with Crippen molar-refractivity contribution in [1.29, 1.82) is 0 Å². The molecular formula is C15H14BrF2N. The molecule has 0 bridgehead atoms. The minimum absolute atomic E-state index is 0.0282. The van der Waals surface area contributed by atoms with Gasteiger partial charge in [-0.1, -0.05) is 25.1 Å². The van der Waals surface area contributed by atoms with Crippen molar-refractivity contribution < 1.29 is 8.78 Å². The Hall–Kier alpha value is -1.26. The van der Waals surface area contributed by atoms with Crippen molar-refractivity contribution in [3.8, 4) is 11.1 Å². The molecule has 4 heteroatoms. The smallest absolute Gasteiger partial charge is 0.148 e. The van der Waals surface area contributed by atoms with E-state index in [1.165, 1.54) is 12.1 Å². The lowest BCUT2D eigenvalue weighted by Gasteiger charge is -2.12. The number of benzene rings is 2. The standard InChI is InChI=1S/C15H14BrF2N/c1-2-13(19)9-4-3-5-10(8-9)14-12(17)7-6-11(16)15(14)18/h3-8,13H,2,19H2,1H3. The van der Waals surface area contributed by atoms with Crippen LogP contribution in [0.2, 0.25) is 0 Å². The molecule has 0 aliphatic heterocycles. The Kier molecular flexibility index (Phi) is 4.32. The van der Waals surface area contributed by atoms with Gasteiger partial charge >= 0.3 is 0 Å². The van der Waals surface area contributed by atoms with Crippen LogP contribution in [0.3, 0.4) is 0 Å². The van der Waals surface area contributed by atoms with Gasteiger partial charge in [-0.2, -0.15) is 0 Å². The Morgan fingerprint density at radius 1 is 1.21 bits per heavy atom. The number of hydrogen-bond acceptors (Lipinski definition) is 1. The van der Waals surface area contributed by atoms with Gasteiger partial charge in [0.25, 0.3) is 0 Å². The van der Waals surface area contributed by atoms with Gasteiger partial charge in [-0.3, -0.25) is 0 Å². The number of rotatable bonds is 3. The Morgan fingerprint density at radius 3 is 2.63 bits per heavy atom. The zero-order valence-corrected chi connectivity index (χ0v) is 12.0. The molecule has 2 aromatic rings. The van der Waals surface area contributed by atoms with Crippen LogP contribution in [0.4, 0.5) is 8.78 Å². The van der Waals surface area contributed by atoms with Crippen molar-refractivity contribution in [2.45, 2.75) is 19.4 Å². The first-order valence-electron chi connectivity index (χ1n) is 6.04. The third-order valence-corrected chi connectivity index (χ3v) is 3.70.